The van der Waals surface area contributed by atoms with E-state index in [4.69, 9.17) is 9.47 Å². The van der Waals surface area contributed by atoms with Crippen LogP contribution in [0.4, 0.5) is 0 Å². The quantitative estimate of drug-likeness (QED) is 0.642. The largest absolute Gasteiger partial charge is 0.382 e. The Morgan fingerprint density at radius 3 is 2.63 bits per heavy atom. The molecule has 0 aromatic heterocycles. The topological polar surface area (TPSA) is 50.8 Å². The zero-order valence-electron chi connectivity index (χ0n) is 12.6. The van der Waals surface area contributed by atoms with E-state index < -0.39 is 0 Å². The fraction of sp³-hybridized carbons (Fsp3) is 0.929. The van der Waals surface area contributed by atoms with E-state index in [2.05, 4.69) is 26.1 Å². The number of methoxy groups -OCH3 is 1. The summed E-state index contributed by atoms with van der Waals surface area (Å²) < 4.78 is 10.3. The molecular formula is C14H28N2O3. The molecule has 1 saturated heterocycles. The Hall–Kier alpha value is -0.650. The van der Waals surface area contributed by atoms with Gasteiger partial charge in [-0.3, -0.25) is 10.1 Å². The van der Waals surface area contributed by atoms with Gasteiger partial charge in [-0.25, -0.2) is 0 Å². The average Bonchev–Trinajstić information content (AvgIpc) is 2.71. The number of carbonyl (C=O) groups is 1. The lowest BCUT2D eigenvalue weighted by Gasteiger charge is -2.22. The Bertz CT molecular complexity index is 271. The summed E-state index contributed by atoms with van der Waals surface area (Å²) in [5.41, 5.74) is 0. The van der Waals surface area contributed by atoms with E-state index in [1.807, 2.05) is 4.90 Å². The highest BCUT2D eigenvalue weighted by Gasteiger charge is 2.38. The number of hydrogen-bond donors (Lipinski definition) is 1. The number of amides is 1. The molecule has 1 N–H and O–H groups in total. The van der Waals surface area contributed by atoms with Crippen LogP contribution in [0.25, 0.3) is 0 Å². The standard InChI is InChI=1S/C14H28N2O3/c1-5-12-15-13(11(2)3)14(17)16(12)7-6-8-19-10-9-18-4/h11-13,15H,5-10H2,1-4H3. The molecule has 1 heterocycles. The molecule has 1 amide bonds. The molecule has 5 nitrogen and oxygen atoms in total. The van der Waals surface area contributed by atoms with Crippen molar-refractivity contribution in [2.45, 2.75) is 45.8 Å². The number of nitrogens with zero attached hydrogens (tertiary/aromatic N) is 1. The van der Waals surface area contributed by atoms with E-state index in [1.165, 1.54) is 0 Å². The van der Waals surface area contributed by atoms with E-state index >= 15 is 0 Å². The molecule has 0 aromatic carbocycles. The molecular weight excluding hydrogens is 244 g/mol. The summed E-state index contributed by atoms with van der Waals surface area (Å²) in [6, 6.07) is -0.0284. The van der Waals surface area contributed by atoms with Crippen molar-refractivity contribution < 1.29 is 14.3 Å². The fourth-order valence-corrected chi connectivity index (χ4v) is 2.36. The van der Waals surface area contributed by atoms with Crippen molar-refractivity contribution in [1.82, 2.24) is 10.2 Å². The first-order valence-corrected chi connectivity index (χ1v) is 7.25. The van der Waals surface area contributed by atoms with Crippen LogP contribution in [0, 0.1) is 5.92 Å². The van der Waals surface area contributed by atoms with E-state index in [-0.39, 0.29) is 18.1 Å². The maximum atomic E-state index is 12.3. The maximum absolute atomic E-state index is 12.3. The van der Waals surface area contributed by atoms with Gasteiger partial charge in [0.2, 0.25) is 5.91 Å². The second kappa shape index (κ2) is 8.51. The van der Waals surface area contributed by atoms with E-state index in [0.717, 1.165) is 19.4 Å². The fourth-order valence-electron chi connectivity index (χ4n) is 2.36. The lowest BCUT2D eigenvalue weighted by atomic mass is 10.1. The smallest absolute Gasteiger partial charge is 0.241 e. The maximum Gasteiger partial charge on any atom is 0.241 e. The first-order valence-electron chi connectivity index (χ1n) is 7.25. The summed E-state index contributed by atoms with van der Waals surface area (Å²) in [6.45, 7) is 8.96. The van der Waals surface area contributed by atoms with E-state index in [9.17, 15) is 4.79 Å². The number of carbonyl (C=O) groups excluding carboxylic acids is 1. The summed E-state index contributed by atoms with van der Waals surface area (Å²) in [7, 11) is 1.66. The van der Waals surface area contributed by atoms with E-state index in [1.54, 1.807) is 7.11 Å². The van der Waals surface area contributed by atoms with Crippen LogP contribution in [0.2, 0.25) is 0 Å². The van der Waals surface area contributed by atoms with Gasteiger partial charge in [0.25, 0.3) is 0 Å². The second-order valence-electron chi connectivity index (χ2n) is 5.30. The van der Waals surface area contributed by atoms with Crippen LogP contribution in [-0.4, -0.2) is 56.5 Å². The van der Waals surface area contributed by atoms with Gasteiger partial charge >= 0.3 is 0 Å². The van der Waals surface area contributed by atoms with Crippen LogP contribution in [0.1, 0.15) is 33.6 Å². The molecule has 0 radical (unpaired) electrons. The highest BCUT2D eigenvalue weighted by molar-refractivity contribution is 5.84. The SMILES string of the molecule is CCC1NC(C(C)C)C(=O)N1CCCOCCOC. The zero-order valence-corrected chi connectivity index (χ0v) is 12.6. The molecule has 1 aliphatic heterocycles. The Kier molecular flexibility index (Phi) is 7.34. The van der Waals surface area contributed by atoms with Crippen LogP contribution in [-0.2, 0) is 14.3 Å². The third kappa shape index (κ3) is 4.75. The molecule has 0 spiro atoms. The summed E-state index contributed by atoms with van der Waals surface area (Å²) in [4.78, 5) is 14.2. The third-order valence-corrected chi connectivity index (χ3v) is 3.47. The minimum absolute atomic E-state index is 0.0284. The zero-order chi connectivity index (χ0) is 14.3. The van der Waals surface area contributed by atoms with E-state index in [0.29, 0.717) is 25.7 Å². The minimum Gasteiger partial charge on any atom is -0.382 e. The molecule has 2 atom stereocenters. The number of nitrogens with one attached hydrogen (secondary N) is 1. The minimum atomic E-state index is -0.0284. The predicted octanol–water partition coefficient (Wildman–Crippen LogP) is 1.23. The average molecular weight is 272 g/mol. The molecule has 5 heteroatoms. The van der Waals surface area contributed by atoms with Gasteiger partial charge in [0.15, 0.2) is 0 Å². The first-order chi connectivity index (χ1) is 9.11. The van der Waals surface area contributed by atoms with Crippen molar-refractivity contribution >= 4 is 5.91 Å². The van der Waals surface area contributed by atoms with Gasteiger partial charge in [-0.15, -0.1) is 0 Å². The molecule has 0 aliphatic carbocycles. The van der Waals surface area contributed by atoms with Crippen LogP contribution in [0.5, 0.6) is 0 Å². The Morgan fingerprint density at radius 1 is 1.32 bits per heavy atom. The number of hydrogen-bond acceptors (Lipinski definition) is 4. The summed E-state index contributed by atoms with van der Waals surface area (Å²) in [5.74, 6) is 0.572. The van der Waals surface area contributed by atoms with Gasteiger partial charge in [0.05, 0.1) is 25.4 Å². The lowest BCUT2D eigenvalue weighted by Crippen LogP contribution is -2.37. The van der Waals surface area contributed by atoms with Crippen LogP contribution >= 0.6 is 0 Å². The van der Waals surface area contributed by atoms with Crippen molar-refractivity contribution in [2.24, 2.45) is 5.92 Å². The normalized spacial score (nSPS) is 23.6. The molecule has 112 valence electrons. The number of rotatable bonds is 9. The molecule has 19 heavy (non-hydrogen) atoms. The molecule has 0 aromatic rings. The molecule has 0 saturated carbocycles. The molecule has 1 rings (SSSR count). The Labute approximate surface area is 116 Å². The van der Waals surface area contributed by atoms with Crippen molar-refractivity contribution in [3.8, 4) is 0 Å². The van der Waals surface area contributed by atoms with Crippen LogP contribution < -0.4 is 5.32 Å². The highest BCUT2D eigenvalue weighted by Crippen LogP contribution is 2.18. The van der Waals surface area contributed by atoms with Gasteiger partial charge in [-0.05, 0) is 18.8 Å². The van der Waals surface area contributed by atoms with Crippen molar-refractivity contribution in [3.05, 3.63) is 0 Å². The van der Waals surface area contributed by atoms with Gasteiger partial charge < -0.3 is 14.4 Å². The second-order valence-corrected chi connectivity index (χ2v) is 5.30. The van der Waals surface area contributed by atoms with Gasteiger partial charge in [-0.1, -0.05) is 20.8 Å². The third-order valence-electron chi connectivity index (χ3n) is 3.47. The van der Waals surface area contributed by atoms with Crippen molar-refractivity contribution in [2.75, 3.05) is 33.5 Å². The van der Waals surface area contributed by atoms with Gasteiger partial charge in [0, 0.05) is 20.3 Å². The van der Waals surface area contributed by atoms with Gasteiger partial charge in [-0.2, -0.15) is 0 Å². The summed E-state index contributed by atoms with van der Waals surface area (Å²) >= 11 is 0. The predicted molar refractivity (Wildman–Crippen MR) is 74.9 cm³/mol. The monoisotopic (exact) mass is 272 g/mol. The summed E-state index contributed by atoms with van der Waals surface area (Å²) in [6.07, 6.45) is 2.00. The highest BCUT2D eigenvalue weighted by atomic mass is 16.5. The van der Waals surface area contributed by atoms with Crippen LogP contribution in [0.15, 0.2) is 0 Å². The van der Waals surface area contributed by atoms with Gasteiger partial charge in [0.1, 0.15) is 0 Å². The molecule has 2 unspecified atom stereocenters. The first kappa shape index (κ1) is 16.4. The van der Waals surface area contributed by atoms with Crippen molar-refractivity contribution in [3.63, 3.8) is 0 Å². The number of ether oxygens (including phenoxy) is 2. The Balaban J connectivity index is 2.32. The summed E-state index contributed by atoms with van der Waals surface area (Å²) in [5, 5.41) is 3.42. The molecule has 1 fully saturated rings. The van der Waals surface area contributed by atoms with Crippen LogP contribution in [0.3, 0.4) is 0 Å². The van der Waals surface area contributed by atoms with Crippen molar-refractivity contribution in [1.29, 1.82) is 0 Å². The molecule has 0 bridgehead atoms. The Morgan fingerprint density at radius 2 is 2.05 bits per heavy atom. The lowest BCUT2D eigenvalue weighted by molar-refractivity contribution is -0.131. The molecule has 1 aliphatic rings.